The fraction of sp³-hybridized carbons (Fsp3) is 0.222. The van der Waals surface area contributed by atoms with Crippen LogP contribution in [0.15, 0.2) is 48.5 Å². The van der Waals surface area contributed by atoms with Crippen LogP contribution in [-0.4, -0.2) is 5.78 Å². The summed E-state index contributed by atoms with van der Waals surface area (Å²) in [6.07, 6.45) is 1.02. The second kappa shape index (κ2) is 7.06. The average molecular weight is 298 g/mol. The Labute approximate surface area is 130 Å². The van der Waals surface area contributed by atoms with E-state index in [1.165, 1.54) is 5.56 Å². The summed E-state index contributed by atoms with van der Waals surface area (Å²) in [7, 11) is 0. The van der Waals surface area contributed by atoms with Crippen LogP contribution in [0.5, 0.6) is 0 Å². The third-order valence-electron chi connectivity index (χ3n) is 3.44. The van der Waals surface area contributed by atoms with Crippen LogP contribution in [-0.2, 0) is 11.2 Å². The molecule has 1 unspecified atom stereocenters. The molecule has 0 heterocycles. The molecule has 0 aliphatic heterocycles. The third-order valence-corrected chi connectivity index (χ3v) is 3.69. The molecule has 106 valence electrons. The summed E-state index contributed by atoms with van der Waals surface area (Å²) in [6, 6.07) is 17.1. The van der Waals surface area contributed by atoms with Gasteiger partial charge in [0.15, 0.2) is 5.78 Å². The highest BCUT2D eigenvalue weighted by Gasteiger charge is 2.19. The number of carbonyl (C=O) groups excluding carboxylic acids is 1. The van der Waals surface area contributed by atoms with E-state index in [0.717, 1.165) is 5.56 Å². The molecule has 2 aromatic carbocycles. The van der Waals surface area contributed by atoms with Gasteiger partial charge in [-0.15, -0.1) is 0 Å². The number of carbonyl (C=O) groups is 1. The SMILES string of the molecule is Cc1ccc(CCC(=O)C(C#N)c2ccc(Cl)cc2)cc1. The Balaban J connectivity index is 2.02. The lowest BCUT2D eigenvalue weighted by Crippen LogP contribution is -2.11. The predicted octanol–water partition coefficient (Wildman–Crippen LogP) is 4.46. The lowest BCUT2D eigenvalue weighted by molar-refractivity contribution is -0.119. The molecule has 0 aliphatic rings. The number of nitrogens with zero attached hydrogens (tertiary/aromatic N) is 1. The van der Waals surface area contributed by atoms with Crippen molar-refractivity contribution in [1.82, 2.24) is 0 Å². The van der Waals surface area contributed by atoms with Gasteiger partial charge >= 0.3 is 0 Å². The van der Waals surface area contributed by atoms with Crippen LogP contribution in [0.1, 0.15) is 29.0 Å². The third kappa shape index (κ3) is 4.18. The maximum Gasteiger partial charge on any atom is 0.154 e. The van der Waals surface area contributed by atoms with Gasteiger partial charge in [-0.25, -0.2) is 0 Å². The van der Waals surface area contributed by atoms with Gasteiger partial charge in [0.1, 0.15) is 5.92 Å². The number of hydrogen-bond donors (Lipinski definition) is 0. The Morgan fingerprint density at radius 2 is 1.76 bits per heavy atom. The summed E-state index contributed by atoms with van der Waals surface area (Å²) >= 11 is 5.83. The van der Waals surface area contributed by atoms with E-state index < -0.39 is 5.92 Å². The van der Waals surface area contributed by atoms with E-state index in [9.17, 15) is 10.1 Å². The van der Waals surface area contributed by atoms with Gasteiger partial charge in [-0.2, -0.15) is 5.26 Å². The van der Waals surface area contributed by atoms with Crippen LogP contribution in [0.2, 0.25) is 5.02 Å². The molecule has 2 aromatic rings. The number of benzene rings is 2. The molecule has 0 aromatic heterocycles. The van der Waals surface area contributed by atoms with Gasteiger partial charge in [-0.3, -0.25) is 4.79 Å². The molecule has 0 N–H and O–H groups in total. The second-order valence-corrected chi connectivity index (χ2v) is 5.50. The molecular weight excluding hydrogens is 282 g/mol. The van der Waals surface area contributed by atoms with Gasteiger partial charge in [-0.1, -0.05) is 53.6 Å². The highest BCUT2D eigenvalue weighted by molar-refractivity contribution is 6.30. The van der Waals surface area contributed by atoms with Crippen molar-refractivity contribution < 1.29 is 4.79 Å². The minimum atomic E-state index is -0.715. The van der Waals surface area contributed by atoms with Crippen molar-refractivity contribution in [1.29, 1.82) is 5.26 Å². The van der Waals surface area contributed by atoms with Crippen LogP contribution < -0.4 is 0 Å². The zero-order valence-corrected chi connectivity index (χ0v) is 12.6. The summed E-state index contributed by atoms with van der Waals surface area (Å²) in [4.78, 5) is 12.2. The first-order valence-corrected chi connectivity index (χ1v) is 7.21. The number of Topliss-reactive ketones (excluding diaryl/α,β-unsaturated/α-hetero) is 1. The molecule has 0 fully saturated rings. The quantitative estimate of drug-likeness (QED) is 0.817. The number of nitriles is 1. The molecule has 1 atom stereocenters. The largest absolute Gasteiger partial charge is 0.298 e. The molecule has 3 heteroatoms. The number of aryl methyl sites for hydroxylation is 2. The van der Waals surface area contributed by atoms with Crippen LogP contribution in [0.4, 0.5) is 0 Å². The second-order valence-electron chi connectivity index (χ2n) is 5.07. The van der Waals surface area contributed by atoms with Gasteiger partial charge < -0.3 is 0 Å². The van der Waals surface area contributed by atoms with E-state index >= 15 is 0 Å². The van der Waals surface area contributed by atoms with Crippen molar-refractivity contribution in [2.24, 2.45) is 0 Å². The number of rotatable bonds is 5. The van der Waals surface area contributed by atoms with Crippen molar-refractivity contribution in [3.05, 3.63) is 70.2 Å². The van der Waals surface area contributed by atoms with Gasteiger partial charge in [0.2, 0.25) is 0 Å². The fourth-order valence-electron chi connectivity index (χ4n) is 2.15. The maximum atomic E-state index is 12.2. The minimum Gasteiger partial charge on any atom is -0.298 e. The lowest BCUT2D eigenvalue weighted by atomic mass is 9.92. The van der Waals surface area contributed by atoms with Gasteiger partial charge in [-0.05, 0) is 36.6 Å². The fourth-order valence-corrected chi connectivity index (χ4v) is 2.28. The van der Waals surface area contributed by atoms with Crippen molar-refractivity contribution in [2.75, 3.05) is 0 Å². The van der Waals surface area contributed by atoms with Crippen molar-refractivity contribution in [3.63, 3.8) is 0 Å². The van der Waals surface area contributed by atoms with Crippen LogP contribution in [0.25, 0.3) is 0 Å². The smallest absolute Gasteiger partial charge is 0.154 e. The maximum absolute atomic E-state index is 12.2. The first-order valence-electron chi connectivity index (χ1n) is 6.83. The summed E-state index contributed by atoms with van der Waals surface area (Å²) < 4.78 is 0. The molecule has 21 heavy (non-hydrogen) atoms. The standard InChI is InChI=1S/C18H16ClNO/c1-13-2-4-14(5-3-13)6-11-18(21)17(12-20)15-7-9-16(19)10-8-15/h2-5,7-10,17H,6,11H2,1H3. The highest BCUT2D eigenvalue weighted by atomic mass is 35.5. The van der Waals surface area contributed by atoms with E-state index in [4.69, 9.17) is 11.6 Å². The van der Waals surface area contributed by atoms with Crippen LogP contribution >= 0.6 is 11.6 Å². The predicted molar refractivity (Wildman–Crippen MR) is 84.3 cm³/mol. The van der Waals surface area contributed by atoms with E-state index in [2.05, 4.69) is 6.07 Å². The summed E-state index contributed by atoms with van der Waals surface area (Å²) in [5, 5.41) is 9.85. The molecule has 2 nitrogen and oxygen atoms in total. The topological polar surface area (TPSA) is 40.9 Å². The minimum absolute atomic E-state index is 0.0552. The van der Waals surface area contributed by atoms with Gasteiger partial charge in [0.25, 0.3) is 0 Å². The zero-order chi connectivity index (χ0) is 15.2. The highest BCUT2D eigenvalue weighted by Crippen LogP contribution is 2.21. The normalized spacial score (nSPS) is 11.7. The van der Waals surface area contributed by atoms with Crippen molar-refractivity contribution in [3.8, 4) is 6.07 Å². The number of hydrogen-bond acceptors (Lipinski definition) is 2. The van der Waals surface area contributed by atoms with Crippen LogP contribution in [0.3, 0.4) is 0 Å². The molecule has 0 radical (unpaired) electrons. The first kappa shape index (κ1) is 15.3. The molecule has 0 spiro atoms. The molecule has 0 amide bonds. The van der Waals surface area contributed by atoms with E-state index in [1.54, 1.807) is 24.3 Å². The molecule has 0 saturated heterocycles. The molecule has 0 saturated carbocycles. The zero-order valence-electron chi connectivity index (χ0n) is 11.8. The summed E-state index contributed by atoms with van der Waals surface area (Å²) in [6.45, 7) is 2.03. The summed E-state index contributed by atoms with van der Waals surface area (Å²) in [5.41, 5.74) is 3.01. The Kier molecular flexibility index (Phi) is 5.14. The Morgan fingerprint density at radius 1 is 1.14 bits per heavy atom. The molecular formula is C18H16ClNO. The molecule has 2 rings (SSSR count). The Hall–Kier alpha value is -2.11. The van der Waals surface area contributed by atoms with Crippen LogP contribution in [0, 0.1) is 18.3 Å². The first-order chi connectivity index (χ1) is 10.1. The summed E-state index contributed by atoms with van der Waals surface area (Å²) in [5.74, 6) is -0.770. The average Bonchev–Trinajstić information content (AvgIpc) is 2.49. The Morgan fingerprint density at radius 3 is 2.33 bits per heavy atom. The van der Waals surface area contributed by atoms with Crippen molar-refractivity contribution in [2.45, 2.75) is 25.7 Å². The van der Waals surface area contributed by atoms with Gasteiger partial charge in [0, 0.05) is 11.4 Å². The molecule has 0 bridgehead atoms. The lowest BCUT2D eigenvalue weighted by Gasteiger charge is -2.09. The Bertz CT molecular complexity index is 653. The number of ketones is 1. The van der Waals surface area contributed by atoms with Gasteiger partial charge in [0.05, 0.1) is 6.07 Å². The van der Waals surface area contributed by atoms with E-state index in [-0.39, 0.29) is 5.78 Å². The van der Waals surface area contributed by atoms with E-state index in [0.29, 0.717) is 23.4 Å². The number of halogens is 1. The van der Waals surface area contributed by atoms with Crippen molar-refractivity contribution >= 4 is 17.4 Å². The monoisotopic (exact) mass is 297 g/mol. The molecule has 0 aliphatic carbocycles. The van der Waals surface area contributed by atoms with E-state index in [1.807, 2.05) is 31.2 Å².